The van der Waals surface area contributed by atoms with Crippen LogP contribution in [0.1, 0.15) is 19.7 Å². The van der Waals surface area contributed by atoms with Crippen LogP contribution in [0.5, 0.6) is 11.5 Å². The minimum absolute atomic E-state index is 0.513. The summed E-state index contributed by atoms with van der Waals surface area (Å²) in [4.78, 5) is 4.64. The first kappa shape index (κ1) is 14.1. The van der Waals surface area contributed by atoms with E-state index >= 15 is 0 Å². The third-order valence-electron chi connectivity index (χ3n) is 3.59. The molecule has 6 heteroatoms. The first-order chi connectivity index (χ1) is 10.2. The summed E-state index contributed by atoms with van der Waals surface area (Å²) < 4.78 is 13.2. The topological polar surface area (TPSA) is 62.3 Å². The van der Waals surface area contributed by atoms with E-state index in [1.165, 1.54) is 0 Å². The predicted molar refractivity (Wildman–Crippen MR) is 83.1 cm³/mol. The van der Waals surface area contributed by atoms with E-state index in [0.717, 1.165) is 30.0 Å². The summed E-state index contributed by atoms with van der Waals surface area (Å²) in [6.45, 7) is 5.94. The van der Waals surface area contributed by atoms with Gasteiger partial charge in [0.15, 0.2) is 11.5 Å². The monoisotopic (exact) mass is 307 g/mol. The zero-order valence-corrected chi connectivity index (χ0v) is 12.9. The molecule has 0 aliphatic carbocycles. The van der Waals surface area contributed by atoms with E-state index in [1.807, 2.05) is 16.7 Å². The van der Waals surface area contributed by atoms with E-state index in [1.54, 1.807) is 0 Å². The van der Waals surface area contributed by atoms with Crippen molar-refractivity contribution in [3.05, 3.63) is 23.0 Å². The second-order valence-electron chi connectivity index (χ2n) is 4.84. The van der Waals surface area contributed by atoms with Crippen molar-refractivity contribution in [2.24, 2.45) is 0 Å². The van der Waals surface area contributed by atoms with E-state index in [-0.39, 0.29) is 0 Å². The molecule has 0 spiro atoms. The lowest BCUT2D eigenvalue weighted by Gasteiger charge is -2.20. The second-order valence-corrected chi connectivity index (χ2v) is 5.25. The average Bonchev–Trinajstić information content (AvgIpc) is 2.83. The SMILES string of the molecule is CCc1nc(-c2cc(Cl)c3c(c2)OCCO3)c(N)n1CC. The van der Waals surface area contributed by atoms with Gasteiger partial charge >= 0.3 is 0 Å². The summed E-state index contributed by atoms with van der Waals surface area (Å²) >= 11 is 6.28. The van der Waals surface area contributed by atoms with Crippen LogP contribution in [0.25, 0.3) is 11.3 Å². The Morgan fingerprint density at radius 3 is 2.71 bits per heavy atom. The molecular formula is C15H18ClN3O2. The maximum atomic E-state index is 6.28. The lowest BCUT2D eigenvalue weighted by Crippen LogP contribution is -2.15. The number of hydrogen-bond acceptors (Lipinski definition) is 4. The zero-order valence-electron chi connectivity index (χ0n) is 12.1. The molecule has 0 atom stereocenters. The minimum Gasteiger partial charge on any atom is -0.486 e. The van der Waals surface area contributed by atoms with E-state index < -0.39 is 0 Å². The lowest BCUT2D eigenvalue weighted by molar-refractivity contribution is 0.172. The number of nitrogens with two attached hydrogens (primary N) is 1. The fraction of sp³-hybridized carbons (Fsp3) is 0.400. The van der Waals surface area contributed by atoms with Crippen molar-refractivity contribution in [2.45, 2.75) is 26.8 Å². The summed E-state index contributed by atoms with van der Waals surface area (Å²) in [5.74, 6) is 2.86. The third-order valence-corrected chi connectivity index (χ3v) is 3.87. The number of rotatable bonds is 3. The molecule has 112 valence electrons. The molecule has 2 heterocycles. The van der Waals surface area contributed by atoms with Crippen LogP contribution in [0, 0.1) is 0 Å². The molecule has 5 nitrogen and oxygen atoms in total. The van der Waals surface area contributed by atoms with Gasteiger partial charge in [0.1, 0.15) is 30.5 Å². The minimum atomic E-state index is 0.513. The molecule has 0 unspecified atom stereocenters. The highest BCUT2D eigenvalue weighted by Crippen LogP contribution is 2.42. The van der Waals surface area contributed by atoms with Gasteiger partial charge in [-0.3, -0.25) is 0 Å². The molecule has 0 saturated heterocycles. The Labute approximate surface area is 128 Å². The Hall–Kier alpha value is -1.88. The van der Waals surface area contributed by atoms with Crippen molar-refractivity contribution in [1.82, 2.24) is 9.55 Å². The number of ether oxygens (including phenoxy) is 2. The van der Waals surface area contributed by atoms with Crippen LogP contribution in [-0.4, -0.2) is 22.8 Å². The van der Waals surface area contributed by atoms with Crippen molar-refractivity contribution in [3.8, 4) is 22.8 Å². The van der Waals surface area contributed by atoms with E-state index in [2.05, 4.69) is 18.8 Å². The number of nitrogens with zero attached hydrogens (tertiary/aromatic N) is 2. The summed E-state index contributed by atoms with van der Waals surface area (Å²) in [6.07, 6.45) is 0.830. The van der Waals surface area contributed by atoms with Gasteiger partial charge in [0.05, 0.1) is 5.02 Å². The Balaban J connectivity index is 2.13. The summed E-state index contributed by atoms with van der Waals surface area (Å²) in [6, 6.07) is 3.71. The van der Waals surface area contributed by atoms with Crippen LogP contribution < -0.4 is 15.2 Å². The molecular weight excluding hydrogens is 290 g/mol. The van der Waals surface area contributed by atoms with Crippen LogP contribution in [0.15, 0.2) is 12.1 Å². The second kappa shape index (κ2) is 5.48. The smallest absolute Gasteiger partial charge is 0.179 e. The number of hydrogen-bond donors (Lipinski definition) is 1. The number of anilines is 1. The van der Waals surface area contributed by atoms with Gasteiger partial charge < -0.3 is 19.8 Å². The van der Waals surface area contributed by atoms with Crippen molar-refractivity contribution in [2.75, 3.05) is 18.9 Å². The Morgan fingerprint density at radius 2 is 2.05 bits per heavy atom. The fourth-order valence-corrected chi connectivity index (χ4v) is 2.86. The quantitative estimate of drug-likeness (QED) is 0.946. The molecule has 1 aliphatic heterocycles. The van der Waals surface area contributed by atoms with Gasteiger partial charge in [0.2, 0.25) is 0 Å². The molecule has 2 N–H and O–H groups in total. The van der Waals surface area contributed by atoms with Gasteiger partial charge in [0.25, 0.3) is 0 Å². The highest BCUT2D eigenvalue weighted by Gasteiger charge is 2.20. The molecule has 1 aliphatic rings. The number of aromatic nitrogens is 2. The van der Waals surface area contributed by atoms with Crippen molar-refractivity contribution in [1.29, 1.82) is 0 Å². The summed E-state index contributed by atoms with van der Waals surface area (Å²) in [7, 11) is 0. The lowest BCUT2D eigenvalue weighted by atomic mass is 10.1. The van der Waals surface area contributed by atoms with E-state index in [9.17, 15) is 0 Å². The molecule has 0 bridgehead atoms. The zero-order chi connectivity index (χ0) is 15.0. The van der Waals surface area contributed by atoms with Crippen LogP contribution in [0.3, 0.4) is 0 Å². The highest BCUT2D eigenvalue weighted by atomic mass is 35.5. The number of aryl methyl sites for hydroxylation is 1. The number of benzene rings is 1. The average molecular weight is 308 g/mol. The van der Waals surface area contributed by atoms with E-state index in [4.69, 9.17) is 26.8 Å². The van der Waals surface area contributed by atoms with Crippen LogP contribution in [-0.2, 0) is 13.0 Å². The third kappa shape index (κ3) is 2.31. The van der Waals surface area contributed by atoms with Gasteiger partial charge in [-0.05, 0) is 19.1 Å². The van der Waals surface area contributed by atoms with Gasteiger partial charge in [-0.1, -0.05) is 18.5 Å². The number of halogens is 1. The number of fused-ring (bicyclic) bond motifs is 1. The molecule has 3 rings (SSSR count). The van der Waals surface area contributed by atoms with E-state index in [0.29, 0.717) is 35.6 Å². The van der Waals surface area contributed by atoms with Crippen molar-refractivity contribution >= 4 is 17.4 Å². The van der Waals surface area contributed by atoms with Gasteiger partial charge in [-0.2, -0.15) is 0 Å². The Morgan fingerprint density at radius 1 is 1.29 bits per heavy atom. The number of nitrogen functional groups attached to an aromatic ring is 1. The standard InChI is InChI=1S/C15H18ClN3O2/c1-3-12-18-13(15(17)19(12)4-2)9-7-10(16)14-11(8-9)20-5-6-21-14/h7-8H,3-6,17H2,1-2H3. The van der Waals surface area contributed by atoms with Gasteiger partial charge in [-0.25, -0.2) is 4.98 Å². The molecule has 2 aromatic rings. The first-order valence-corrected chi connectivity index (χ1v) is 7.47. The fourth-order valence-electron chi connectivity index (χ4n) is 2.60. The molecule has 21 heavy (non-hydrogen) atoms. The molecule has 1 aromatic heterocycles. The Bertz CT molecular complexity index is 682. The largest absolute Gasteiger partial charge is 0.486 e. The molecule has 0 radical (unpaired) electrons. The van der Waals surface area contributed by atoms with Crippen LogP contribution in [0.4, 0.5) is 5.82 Å². The van der Waals surface area contributed by atoms with Gasteiger partial charge in [-0.15, -0.1) is 0 Å². The molecule has 0 saturated carbocycles. The first-order valence-electron chi connectivity index (χ1n) is 7.10. The van der Waals surface area contributed by atoms with Gasteiger partial charge in [0, 0.05) is 18.5 Å². The van der Waals surface area contributed by atoms with Crippen LogP contribution in [0.2, 0.25) is 5.02 Å². The Kier molecular flexibility index (Phi) is 3.68. The molecule has 0 amide bonds. The van der Waals surface area contributed by atoms with Crippen molar-refractivity contribution < 1.29 is 9.47 Å². The summed E-state index contributed by atoms with van der Waals surface area (Å²) in [5.41, 5.74) is 7.83. The normalized spacial score (nSPS) is 13.5. The molecule has 0 fully saturated rings. The number of imidazole rings is 1. The van der Waals surface area contributed by atoms with Crippen LogP contribution >= 0.6 is 11.6 Å². The highest BCUT2D eigenvalue weighted by molar-refractivity contribution is 6.32. The maximum Gasteiger partial charge on any atom is 0.179 e. The maximum absolute atomic E-state index is 6.28. The summed E-state index contributed by atoms with van der Waals surface area (Å²) in [5, 5.41) is 0.519. The predicted octanol–water partition coefficient (Wildman–Crippen LogP) is 3.14. The molecule has 1 aromatic carbocycles. The van der Waals surface area contributed by atoms with Crippen molar-refractivity contribution in [3.63, 3.8) is 0 Å².